The van der Waals surface area contributed by atoms with Gasteiger partial charge in [-0.2, -0.15) is 0 Å². The van der Waals surface area contributed by atoms with Gasteiger partial charge in [-0.15, -0.1) is 0 Å². The van der Waals surface area contributed by atoms with Gasteiger partial charge in [0.25, 0.3) is 0 Å². The van der Waals surface area contributed by atoms with Gasteiger partial charge in [-0.1, -0.05) is 48.0 Å². The van der Waals surface area contributed by atoms with E-state index in [0.717, 1.165) is 5.92 Å². The molecule has 1 rings (SSSR count). The van der Waals surface area contributed by atoms with E-state index in [9.17, 15) is 0 Å². The fraction of sp³-hybridized carbons (Fsp3) is 0.571. The van der Waals surface area contributed by atoms with Gasteiger partial charge in [0.1, 0.15) is 0 Å². The second kappa shape index (κ2) is 5.69. The maximum atomic E-state index is 3.73. The Morgan fingerprint density at radius 2 is 1.80 bits per heavy atom. The predicted octanol–water partition coefficient (Wildman–Crippen LogP) is 4.66. The number of alkyl halides is 1. The van der Waals surface area contributed by atoms with Crippen molar-refractivity contribution in [3.63, 3.8) is 0 Å². The predicted molar refractivity (Wildman–Crippen MR) is 71.8 cm³/mol. The molecule has 1 unspecified atom stereocenters. The van der Waals surface area contributed by atoms with Crippen molar-refractivity contribution < 1.29 is 0 Å². The van der Waals surface area contributed by atoms with Crippen LogP contribution >= 0.6 is 15.9 Å². The maximum Gasteiger partial charge on any atom is 0.0172 e. The van der Waals surface area contributed by atoms with E-state index in [0.29, 0.717) is 4.83 Å². The first-order valence-corrected chi connectivity index (χ1v) is 6.62. The number of rotatable bonds is 4. The number of aryl methyl sites for hydroxylation is 3. The molecule has 15 heavy (non-hydrogen) atoms. The molecule has 0 heterocycles. The highest BCUT2D eigenvalue weighted by Gasteiger charge is 2.08. The summed E-state index contributed by atoms with van der Waals surface area (Å²) in [6, 6.07) is 6.79. The first kappa shape index (κ1) is 12.8. The van der Waals surface area contributed by atoms with E-state index in [1.54, 1.807) is 0 Å². The zero-order valence-electron chi connectivity index (χ0n) is 10.2. The lowest BCUT2D eigenvalue weighted by Crippen LogP contribution is -2.08. The van der Waals surface area contributed by atoms with Gasteiger partial charge in [0.2, 0.25) is 0 Å². The number of halogens is 1. The Hall–Kier alpha value is -0.300. The van der Waals surface area contributed by atoms with Gasteiger partial charge in [-0.05, 0) is 49.3 Å². The Morgan fingerprint density at radius 3 is 2.33 bits per heavy atom. The molecule has 0 saturated heterocycles. The van der Waals surface area contributed by atoms with Gasteiger partial charge in [-0.25, -0.2) is 0 Å². The standard InChI is InChI=1S/C14H21Br/c1-10(2)14(15)8-7-13-6-5-11(3)12(4)9-13/h5-6,9-10,14H,7-8H2,1-4H3. The molecule has 1 atom stereocenters. The number of hydrogen-bond donors (Lipinski definition) is 0. The Morgan fingerprint density at radius 1 is 1.13 bits per heavy atom. The van der Waals surface area contributed by atoms with Gasteiger partial charge >= 0.3 is 0 Å². The van der Waals surface area contributed by atoms with Crippen LogP contribution < -0.4 is 0 Å². The van der Waals surface area contributed by atoms with Crippen LogP contribution in [0.3, 0.4) is 0 Å². The second-order valence-electron chi connectivity index (χ2n) is 4.72. The van der Waals surface area contributed by atoms with E-state index in [-0.39, 0.29) is 0 Å². The maximum absolute atomic E-state index is 3.73. The molecule has 0 fully saturated rings. The number of benzene rings is 1. The fourth-order valence-electron chi connectivity index (χ4n) is 1.60. The summed E-state index contributed by atoms with van der Waals surface area (Å²) in [5, 5.41) is 0. The summed E-state index contributed by atoms with van der Waals surface area (Å²) in [5.74, 6) is 0.719. The molecule has 1 aromatic carbocycles. The molecular formula is C14H21Br. The highest BCUT2D eigenvalue weighted by atomic mass is 79.9. The van der Waals surface area contributed by atoms with E-state index < -0.39 is 0 Å². The lowest BCUT2D eigenvalue weighted by Gasteiger charge is -2.13. The van der Waals surface area contributed by atoms with Crippen molar-refractivity contribution in [3.05, 3.63) is 34.9 Å². The van der Waals surface area contributed by atoms with Crippen molar-refractivity contribution in [2.45, 2.75) is 45.4 Å². The summed E-state index contributed by atoms with van der Waals surface area (Å²) in [6.45, 7) is 8.88. The van der Waals surface area contributed by atoms with Crippen LogP contribution in [0, 0.1) is 19.8 Å². The van der Waals surface area contributed by atoms with Crippen LogP contribution in [-0.4, -0.2) is 4.83 Å². The lowest BCUT2D eigenvalue weighted by molar-refractivity contribution is 0.581. The summed E-state index contributed by atoms with van der Waals surface area (Å²) in [4.78, 5) is 0.638. The first-order chi connectivity index (χ1) is 7.00. The topological polar surface area (TPSA) is 0 Å². The van der Waals surface area contributed by atoms with Crippen molar-refractivity contribution in [2.75, 3.05) is 0 Å². The van der Waals surface area contributed by atoms with Gasteiger partial charge in [0, 0.05) is 4.83 Å². The zero-order valence-corrected chi connectivity index (χ0v) is 11.8. The monoisotopic (exact) mass is 268 g/mol. The summed E-state index contributed by atoms with van der Waals surface area (Å²) in [7, 11) is 0. The minimum atomic E-state index is 0.638. The fourth-order valence-corrected chi connectivity index (χ4v) is 1.83. The van der Waals surface area contributed by atoms with E-state index in [4.69, 9.17) is 0 Å². The summed E-state index contributed by atoms with van der Waals surface area (Å²) in [6.07, 6.45) is 2.40. The normalized spacial score (nSPS) is 13.2. The van der Waals surface area contributed by atoms with Crippen LogP contribution in [0.4, 0.5) is 0 Å². The molecule has 0 nitrogen and oxygen atoms in total. The molecule has 0 aliphatic rings. The number of hydrogen-bond acceptors (Lipinski definition) is 0. The third-order valence-electron chi connectivity index (χ3n) is 3.00. The van der Waals surface area contributed by atoms with Gasteiger partial charge in [-0.3, -0.25) is 0 Å². The van der Waals surface area contributed by atoms with Crippen molar-refractivity contribution in [1.82, 2.24) is 0 Å². The Kier molecular flexibility index (Phi) is 4.85. The van der Waals surface area contributed by atoms with Crippen LogP contribution in [0.15, 0.2) is 18.2 Å². The first-order valence-electron chi connectivity index (χ1n) is 5.71. The Labute approximate surface area is 102 Å². The summed E-state index contributed by atoms with van der Waals surface area (Å²) >= 11 is 3.73. The van der Waals surface area contributed by atoms with E-state index in [1.165, 1.54) is 29.5 Å². The molecule has 0 aliphatic carbocycles. The lowest BCUT2D eigenvalue weighted by atomic mass is 9.99. The van der Waals surface area contributed by atoms with Gasteiger partial charge < -0.3 is 0 Å². The quantitative estimate of drug-likeness (QED) is 0.697. The third-order valence-corrected chi connectivity index (χ3v) is 4.52. The Balaban J connectivity index is 2.55. The SMILES string of the molecule is Cc1ccc(CCC(Br)C(C)C)cc1C. The summed E-state index contributed by atoms with van der Waals surface area (Å²) < 4.78 is 0. The molecule has 0 N–H and O–H groups in total. The van der Waals surface area contributed by atoms with Crippen LogP contribution in [0.5, 0.6) is 0 Å². The zero-order chi connectivity index (χ0) is 11.4. The van der Waals surface area contributed by atoms with E-state index in [1.807, 2.05) is 0 Å². The molecule has 0 saturated carbocycles. The third kappa shape index (κ3) is 3.98. The van der Waals surface area contributed by atoms with Crippen LogP contribution in [0.2, 0.25) is 0 Å². The molecule has 0 radical (unpaired) electrons. The summed E-state index contributed by atoms with van der Waals surface area (Å²) in [5.41, 5.74) is 4.25. The van der Waals surface area contributed by atoms with Crippen LogP contribution in [-0.2, 0) is 6.42 Å². The van der Waals surface area contributed by atoms with Crippen molar-refractivity contribution in [1.29, 1.82) is 0 Å². The second-order valence-corrected chi connectivity index (χ2v) is 5.89. The molecule has 0 aromatic heterocycles. The average Bonchev–Trinajstić information content (AvgIpc) is 2.19. The molecule has 0 amide bonds. The highest BCUT2D eigenvalue weighted by Crippen LogP contribution is 2.19. The van der Waals surface area contributed by atoms with Crippen LogP contribution in [0.25, 0.3) is 0 Å². The molecule has 84 valence electrons. The molecule has 0 spiro atoms. The van der Waals surface area contributed by atoms with E-state index >= 15 is 0 Å². The average molecular weight is 269 g/mol. The minimum Gasteiger partial charge on any atom is -0.0888 e. The molecule has 1 aromatic rings. The molecule has 0 bridgehead atoms. The van der Waals surface area contributed by atoms with Crippen LogP contribution in [0.1, 0.15) is 37.0 Å². The molecular weight excluding hydrogens is 248 g/mol. The van der Waals surface area contributed by atoms with Crippen molar-refractivity contribution in [3.8, 4) is 0 Å². The minimum absolute atomic E-state index is 0.638. The largest absolute Gasteiger partial charge is 0.0888 e. The molecule has 0 aliphatic heterocycles. The molecule has 1 heteroatoms. The Bertz CT molecular complexity index is 315. The van der Waals surface area contributed by atoms with Gasteiger partial charge in [0.15, 0.2) is 0 Å². The smallest absolute Gasteiger partial charge is 0.0172 e. The van der Waals surface area contributed by atoms with Gasteiger partial charge in [0.05, 0.1) is 0 Å². The van der Waals surface area contributed by atoms with Crippen molar-refractivity contribution in [2.24, 2.45) is 5.92 Å². The van der Waals surface area contributed by atoms with Crippen molar-refractivity contribution >= 4 is 15.9 Å². The van der Waals surface area contributed by atoms with E-state index in [2.05, 4.69) is 61.8 Å². The highest BCUT2D eigenvalue weighted by molar-refractivity contribution is 9.09.